The standard InChI is InChI=1S/C25H31N3O7S/c1-36(31,32)28-14-22(15-28)35-25(30)27-8-6-18(7-9-27)16-34-24-17-33-21(10-23(24)29)13-26-11-19-4-2-3-5-20(19)12-26/h2-5,10,17-18,22H,6-9,11-16H2,1H3. The molecule has 36 heavy (non-hydrogen) atoms. The van der Waals surface area contributed by atoms with E-state index in [0.717, 1.165) is 32.2 Å². The first kappa shape index (κ1) is 24.8. The fourth-order valence-corrected chi connectivity index (χ4v) is 5.69. The molecule has 1 aromatic carbocycles. The van der Waals surface area contributed by atoms with Crippen LogP contribution in [-0.2, 0) is 34.4 Å². The lowest BCUT2D eigenvalue weighted by Gasteiger charge is -2.38. The molecule has 0 bridgehead atoms. The molecule has 11 heteroatoms. The minimum Gasteiger partial charge on any atom is -0.486 e. The Kier molecular flexibility index (Phi) is 7.05. The number of benzene rings is 1. The van der Waals surface area contributed by atoms with Gasteiger partial charge in [-0.25, -0.2) is 13.2 Å². The highest BCUT2D eigenvalue weighted by molar-refractivity contribution is 7.88. The van der Waals surface area contributed by atoms with Crippen LogP contribution in [0.3, 0.4) is 0 Å². The van der Waals surface area contributed by atoms with Crippen molar-refractivity contribution < 1.29 is 27.1 Å². The number of ether oxygens (including phenoxy) is 2. The second kappa shape index (κ2) is 10.2. The summed E-state index contributed by atoms with van der Waals surface area (Å²) in [6.07, 6.45) is 3.19. The lowest BCUT2D eigenvalue weighted by Crippen LogP contribution is -2.56. The number of nitrogens with zero attached hydrogens (tertiary/aromatic N) is 3. The van der Waals surface area contributed by atoms with Crippen molar-refractivity contribution in [2.45, 2.75) is 38.6 Å². The van der Waals surface area contributed by atoms with E-state index in [1.54, 1.807) is 4.90 Å². The van der Waals surface area contributed by atoms with Gasteiger partial charge in [0.25, 0.3) is 0 Å². The maximum absolute atomic E-state index is 12.6. The summed E-state index contributed by atoms with van der Waals surface area (Å²) < 4.78 is 41.0. The van der Waals surface area contributed by atoms with Gasteiger partial charge in [0.2, 0.25) is 21.2 Å². The molecule has 4 heterocycles. The van der Waals surface area contributed by atoms with Gasteiger partial charge >= 0.3 is 6.09 Å². The predicted molar refractivity (Wildman–Crippen MR) is 131 cm³/mol. The Morgan fingerprint density at radius 3 is 2.39 bits per heavy atom. The Morgan fingerprint density at radius 1 is 1.11 bits per heavy atom. The van der Waals surface area contributed by atoms with Crippen LogP contribution < -0.4 is 10.2 Å². The van der Waals surface area contributed by atoms with E-state index in [1.165, 1.54) is 27.8 Å². The molecule has 3 aliphatic rings. The van der Waals surface area contributed by atoms with Gasteiger partial charge in [0.15, 0.2) is 0 Å². The van der Waals surface area contributed by atoms with Gasteiger partial charge in [0.1, 0.15) is 18.1 Å². The lowest BCUT2D eigenvalue weighted by atomic mass is 9.98. The largest absolute Gasteiger partial charge is 0.486 e. The molecule has 2 fully saturated rings. The average Bonchev–Trinajstić information content (AvgIpc) is 3.22. The topological polar surface area (TPSA) is 110 Å². The zero-order chi connectivity index (χ0) is 25.3. The van der Waals surface area contributed by atoms with Crippen molar-refractivity contribution in [3.63, 3.8) is 0 Å². The molecule has 1 amide bonds. The Morgan fingerprint density at radius 2 is 1.78 bits per heavy atom. The van der Waals surface area contributed by atoms with Gasteiger partial charge in [-0.2, -0.15) is 4.31 Å². The minimum atomic E-state index is -3.23. The van der Waals surface area contributed by atoms with Crippen molar-refractivity contribution in [2.24, 2.45) is 5.92 Å². The van der Waals surface area contributed by atoms with Crippen LogP contribution in [0.5, 0.6) is 5.75 Å². The van der Waals surface area contributed by atoms with Crippen LogP contribution >= 0.6 is 0 Å². The van der Waals surface area contributed by atoms with Gasteiger partial charge in [0, 0.05) is 32.2 Å². The van der Waals surface area contributed by atoms with Crippen LogP contribution in [0, 0.1) is 5.92 Å². The molecule has 0 unspecified atom stereocenters. The third kappa shape index (κ3) is 5.74. The summed E-state index contributed by atoms with van der Waals surface area (Å²) in [4.78, 5) is 28.8. The van der Waals surface area contributed by atoms with Gasteiger partial charge < -0.3 is 18.8 Å². The van der Waals surface area contributed by atoms with Crippen LogP contribution in [0.4, 0.5) is 4.79 Å². The monoisotopic (exact) mass is 517 g/mol. The summed E-state index contributed by atoms with van der Waals surface area (Å²) in [6.45, 7) is 4.09. The van der Waals surface area contributed by atoms with Crippen LogP contribution in [0.2, 0.25) is 0 Å². The van der Waals surface area contributed by atoms with E-state index in [1.807, 2.05) is 12.1 Å². The van der Waals surface area contributed by atoms with Crippen LogP contribution in [-0.4, -0.2) is 73.8 Å². The maximum Gasteiger partial charge on any atom is 0.410 e. The molecular formula is C25H31N3O7S. The molecule has 0 atom stereocenters. The molecule has 194 valence electrons. The summed E-state index contributed by atoms with van der Waals surface area (Å²) in [5.41, 5.74) is 2.42. The van der Waals surface area contributed by atoms with Gasteiger partial charge in [0.05, 0.1) is 32.5 Å². The highest BCUT2D eigenvalue weighted by atomic mass is 32.2. The molecule has 0 saturated carbocycles. The number of likely N-dealkylation sites (tertiary alicyclic amines) is 1. The summed E-state index contributed by atoms with van der Waals surface area (Å²) in [7, 11) is -3.23. The predicted octanol–water partition coefficient (Wildman–Crippen LogP) is 2.03. The van der Waals surface area contributed by atoms with E-state index in [-0.39, 0.29) is 30.2 Å². The number of hydrogen-bond donors (Lipinski definition) is 0. The second-order valence-electron chi connectivity index (χ2n) is 9.82. The van der Waals surface area contributed by atoms with E-state index in [9.17, 15) is 18.0 Å². The Balaban J connectivity index is 1.03. The van der Waals surface area contributed by atoms with Crippen molar-refractivity contribution >= 4 is 16.1 Å². The van der Waals surface area contributed by atoms with Gasteiger partial charge in [-0.15, -0.1) is 0 Å². The lowest BCUT2D eigenvalue weighted by molar-refractivity contribution is 0.00127. The second-order valence-corrected chi connectivity index (χ2v) is 11.8. The summed E-state index contributed by atoms with van der Waals surface area (Å²) in [5.74, 6) is 1.02. The average molecular weight is 518 g/mol. The molecular weight excluding hydrogens is 486 g/mol. The zero-order valence-electron chi connectivity index (χ0n) is 20.3. The highest BCUT2D eigenvalue weighted by Gasteiger charge is 2.37. The zero-order valence-corrected chi connectivity index (χ0v) is 21.1. The minimum absolute atomic E-state index is 0.197. The van der Waals surface area contributed by atoms with Gasteiger partial charge in [-0.3, -0.25) is 9.69 Å². The first-order valence-electron chi connectivity index (χ1n) is 12.2. The number of carbonyl (C=O) groups excluding carboxylic acids is 1. The highest BCUT2D eigenvalue weighted by Crippen LogP contribution is 2.25. The number of amides is 1. The van der Waals surface area contributed by atoms with Crippen molar-refractivity contribution in [3.05, 3.63) is 63.7 Å². The van der Waals surface area contributed by atoms with Crippen molar-refractivity contribution in [3.8, 4) is 5.75 Å². The number of sulfonamides is 1. The van der Waals surface area contributed by atoms with Crippen molar-refractivity contribution in [2.75, 3.05) is 39.0 Å². The molecule has 5 rings (SSSR count). The summed E-state index contributed by atoms with van der Waals surface area (Å²) >= 11 is 0. The van der Waals surface area contributed by atoms with E-state index >= 15 is 0 Å². The van der Waals surface area contributed by atoms with Crippen molar-refractivity contribution in [1.82, 2.24) is 14.1 Å². The normalized spacial score (nSPS) is 19.6. The van der Waals surface area contributed by atoms with Gasteiger partial charge in [-0.05, 0) is 29.9 Å². The molecule has 0 radical (unpaired) electrons. The third-order valence-electron chi connectivity index (χ3n) is 7.04. The van der Waals surface area contributed by atoms with E-state index in [4.69, 9.17) is 13.9 Å². The van der Waals surface area contributed by atoms with E-state index in [0.29, 0.717) is 32.0 Å². The quantitative estimate of drug-likeness (QED) is 0.549. The van der Waals surface area contributed by atoms with Crippen LogP contribution in [0.1, 0.15) is 29.7 Å². The molecule has 1 aromatic heterocycles. The van der Waals surface area contributed by atoms with Crippen LogP contribution in [0.15, 0.2) is 45.8 Å². The fraction of sp³-hybridized carbons (Fsp3) is 0.520. The fourth-order valence-electron chi connectivity index (χ4n) is 4.82. The summed E-state index contributed by atoms with van der Waals surface area (Å²) in [5, 5.41) is 0. The molecule has 2 aromatic rings. The molecule has 10 nitrogen and oxygen atoms in total. The number of piperidine rings is 1. The summed E-state index contributed by atoms with van der Waals surface area (Å²) in [6, 6.07) is 9.82. The number of hydrogen-bond acceptors (Lipinski definition) is 8. The Bertz CT molecular complexity index is 1240. The first-order chi connectivity index (χ1) is 17.2. The van der Waals surface area contributed by atoms with Crippen molar-refractivity contribution in [1.29, 1.82) is 0 Å². The molecule has 0 aliphatic carbocycles. The number of fused-ring (bicyclic) bond motifs is 1. The van der Waals surface area contributed by atoms with Gasteiger partial charge in [-0.1, -0.05) is 24.3 Å². The Labute approximate surface area is 210 Å². The SMILES string of the molecule is CS(=O)(=O)N1CC(OC(=O)N2CCC(COc3coc(CN4Cc5ccccc5C4)cc3=O)CC2)C1. The van der Waals surface area contributed by atoms with E-state index in [2.05, 4.69) is 17.0 Å². The smallest absolute Gasteiger partial charge is 0.410 e. The molecule has 0 N–H and O–H groups in total. The first-order valence-corrected chi connectivity index (χ1v) is 14.0. The van der Waals surface area contributed by atoms with Crippen LogP contribution in [0.25, 0.3) is 0 Å². The number of rotatable bonds is 7. The third-order valence-corrected chi connectivity index (χ3v) is 8.27. The molecule has 3 aliphatic heterocycles. The maximum atomic E-state index is 12.6. The molecule has 2 saturated heterocycles. The van der Waals surface area contributed by atoms with E-state index < -0.39 is 22.2 Å². The Hall–Kier alpha value is -2.89. The molecule has 0 spiro atoms. The number of carbonyl (C=O) groups is 1.